The molecule has 0 aliphatic heterocycles. The van der Waals surface area contributed by atoms with Crippen molar-refractivity contribution in [3.8, 4) is 0 Å². The van der Waals surface area contributed by atoms with E-state index in [-0.39, 0.29) is 5.91 Å². The molecule has 0 radical (unpaired) electrons. The van der Waals surface area contributed by atoms with Gasteiger partial charge in [-0.2, -0.15) is 0 Å². The van der Waals surface area contributed by atoms with Crippen molar-refractivity contribution in [1.82, 2.24) is 5.43 Å². The lowest BCUT2D eigenvalue weighted by molar-refractivity contribution is -0.121. The van der Waals surface area contributed by atoms with Crippen LogP contribution in [-0.2, 0) is 4.79 Å². The first-order chi connectivity index (χ1) is 14.5. The minimum atomic E-state index is -0.00282. The maximum absolute atomic E-state index is 11.5. The monoisotopic (exact) mass is 420 g/mol. The highest BCUT2D eigenvalue weighted by Gasteiger charge is 2.59. The van der Waals surface area contributed by atoms with Crippen LogP contribution in [0.15, 0.2) is 0 Å². The van der Waals surface area contributed by atoms with Gasteiger partial charge in [-0.05, 0) is 105 Å². The molecule has 30 heavy (non-hydrogen) atoms. The summed E-state index contributed by atoms with van der Waals surface area (Å²) in [5.74, 6) is 10.0. The van der Waals surface area contributed by atoms with Crippen LogP contribution in [0.5, 0.6) is 0 Å². The SMILES string of the molecule is CC.CC.CC12CCC3[C@@H](CC[C@@H]4CCCC[C@]34C)C1CC[C@@H]2CCCC(=O)NN. The number of hydrogen-bond acceptors (Lipinski definition) is 2. The van der Waals surface area contributed by atoms with Gasteiger partial charge in [0, 0.05) is 6.42 Å². The van der Waals surface area contributed by atoms with Gasteiger partial charge in [-0.1, -0.05) is 54.4 Å². The minimum Gasteiger partial charge on any atom is -0.294 e. The topological polar surface area (TPSA) is 55.1 Å². The van der Waals surface area contributed by atoms with Crippen molar-refractivity contribution in [3.05, 3.63) is 0 Å². The smallest absolute Gasteiger partial charge is 0.233 e. The van der Waals surface area contributed by atoms with Crippen molar-refractivity contribution < 1.29 is 4.79 Å². The van der Waals surface area contributed by atoms with Crippen LogP contribution in [0.1, 0.15) is 125 Å². The summed E-state index contributed by atoms with van der Waals surface area (Å²) < 4.78 is 0. The molecule has 4 fully saturated rings. The highest BCUT2D eigenvalue weighted by Crippen LogP contribution is 2.67. The van der Waals surface area contributed by atoms with Gasteiger partial charge in [0.05, 0.1) is 0 Å². The number of nitrogens with two attached hydrogens (primary N) is 1. The molecule has 0 aromatic carbocycles. The Balaban J connectivity index is 0.000000757. The molecule has 3 N–H and O–H groups in total. The predicted octanol–water partition coefficient (Wildman–Crippen LogP) is 7.25. The fourth-order valence-corrected chi connectivity index (χ4v) is 8.46. The quantitative estimate of drug-likeness (QED) is 0.286. The summed E-state index contributed by atoms with van der Waals surface area (Å²) in [6.45, 7) is 13.3. The van der Waals surface area contributed by atoms with Crippen molar-refractivity contribution in [1.29, 1.82) is 0 Å². The van der Waals surface area contributed by atoms with Gasteiger partial charge < -0.3 is 0 Å². The van der Waals surface area contributed by atoms with Gasteiger partial charge in [0.1, 0.15) is 0 Å². The summed E-state index contributed by atoms with van der Waals surface area (Å²) in [6, 6.07) is 0. The van der Waals surface area contributed by atoms with E-state index in [4.69, 9.17) is 5.84 Å². The molecule has 4 aliphatic carbocycles. The second kappa shape index (κ2) is 11.3. The average Bonchev–Trinajstić information content (AvgIpc) is 3.12. The van der Waals surface area contributed by atoms with Gasteiger partial charge in [-0.15, -0.1) is 0 Å². The Morgan fingerprint density at radius 2 is 1.57 bits per heavy atom. The molecule has 0 saturated heterocycles. The number of hydrogen-bond donors (Lipinski definition) is 2. The van der Waals surface area contributed by atoms with Crippen LogP contribution in [0.25, 0.3) is 0 Å². The maximum atomic E-state index is 11.5. The molecule has 0 aromatic heterocycles. The molecule has 3 nitrogen and oxygen atoms in total. The Hall–Kier alpha value is -0.570. The molecule has 176 valence electrons. The zero-order chi connectivity index (χ0) is 22.4. The first kappa shape index (κ1) is 25.7. The molecule has 7 atom stereocenters. The van der Waals surface area contributed by atoms with Crippen molar-refractivity contribution in [2.24, 2.45) is 46.3 Å². The average molecular weight is 421 g/mol. The lowest BCUT2D eigenvalue weighted by Gasteiger charge is -2.60. The number of hydrazine groups is 1. The van der Waals surface area contributed by atoms with E-state index in [1.807, 2.05) is 27.7 Å². The Morgan fingerprint density at radius 3 is 2.27 bits per heavy atom. The first-order valence-electron chi connectivity index (χ1n) is 13.5. The summed E-state index contributed by atoms with van der Waals surface area (Å²) in [7, 11) is 0. The van der Waals surface area contributed by atoms with Crippen LogP contribution in [-0.4, -0.2) is 5.91 Å². The molecular weight excluding hydrogens is 368 g/mol. The third kappa shape index (κ3) is 4.76. The molecule has 0 bridgehead atoms. The zero-order valence-electron chi connectivity index (χ0n) is 21.1. The molecule has 0 spiro atoms. The zero-order valence-corrected chi connectivity index (χ0v) is 21.1. The standard InChI is InChI=1S/C23H40N2O.2C2H6/c1-22-14-4-3-6-16(22)9-11-18-19-12-10-17(7-5-8-21(26)25-24)23(19,2)15-13-20(18)22;2*1-2/h16-20H,3-15,24H2,1-2H3,(H,25,26);2*1-2H3/t16-,17-,18-,19?,20?,22-,23?;;/m0../s1. The summed E-state index contributed by atoms with van der Waals surface area (Å²) in [6.07, 6.45) is 17.6. The van der Waals surface area contributed by atoms with E-state index in [1.54, 1.807) is 0 Å². The third-order valence-electron chi connectivity index (χ3n) is 9.90. The van der Waals surface area contributed by atoms with Crippen molar-refractivity contribution in [2.45, 2.75) is 125 Å². The number of amides is 1. The van der Waals surface area contributed by atoms with Gasteiger partial charge in [0.2, 0.25) is 5.91 Å². The molecule has 0 heterocycles. The lowest BCUT2D eigenvalue weighted by atomic mass is 9.45. The number of carbonyl (C=O) groups excluding carboxylic acids is 1. The minimum absolute atomic E-state index is 0.00282. The summed E-state index contributed by atoms with van der Waals surface area (Å²) >= 11 is 0. The van der Waals surface area contributed by atoms with Gasteiger partial charge in [0.25, 0.3) is 0 Å². The van der Waals surface area contributed by atoms with E-state index in [1.165, 1.54) is 70.6 Å². The Morgan fingerprint density at radius 1 is 0.867 bits per heavy atom. The number of rotatable bonds is 4. The number of carbonyl (C=O) groups is 1. The molecule has 3 heteroatoms. The van der Waals surface area contributed by atoms with Crippen LogP contribution < -0.4 is 11.3 Å². The second-order valence-corrected chi connectivity index (χ2v) is 10.7. The molecule has 3 unspecified atom stereocenters. The van der Waals surface area contributed by atoms with E-state index in [0.717, 1.165) is 36.0 Å². The Bertz CT molecular complexity index is 535. The van der Waals surface area contributed by atoms with Gasteiger partial charge >= 0.3 is 0 Å². The van der Waals surface area contributed by atoms with E-state index in [9.17, 15) is 4.79 Å². The van der Waals surface area contributed by atoms with E-state index >= 15 is 0 Å². The fourth-order valence-electron chi connectivity index (χ4n) is 8.46. The van der Waals surface area contributed by atoms with E-state index < -0.39 is 0 Å². The van der Waals surface area contributed by atoms with Crippen molar-refractivity contribution >= 4 is 5.91 Å². The summed E-state index contributed by atoms with van der Waals surface area (Å²) in [4.78, 5) is 11.5. The highest BCUT2D eigenvalue weighted by molar-refractivity contribution is 5.75. The molecule has 1 amide bonds. The predicted molar refractivity (Wildman–Crippen MR) is 129 cm³/mol. The third-order valence-corrected chi connectivity index (χ3v) is 9.90. The highest BCUT2D eigenvalue weighted by atomic mass is 16.2. The molecule has 4 aliphatic rings. The molecular formula is C27H52N2O. The molecule has 0 aromatic rings. The Kier molecular flexibility index (Phi) is 9.71. The van der Waals surface area contributed by atoms with Crippen molar-refractivity contribution in [2.75, 3.05) is 0 Å². The van der Waals surface area contributed by atoms with E-state index in [0.29, 0.717) is 17.3 Å². The largest absolute Gasteiger partial charge is 0.294 e. The van der Waals surface area contributed by atoms with Gasteiger partial charge in [0.15, 0.2) is 0 Å². The van der Waals surface area contributed by atoms with Crippen LogP contribution in [0.4, 0.5) is 0 Å². The van der Waals surface area contributed by atoms with Crippen molar-refractivity contribution in [3.63, 3.8) is 0 Å². The lowest BCUT2D eigenvalue weighted by Crippen LogP contribution is -2.52. The second-order valence-electron chi connectivity index (χ2n) is 10.7. The number of fused-ring (bicyclic) bond motifs is 5. The summed E-state index contributed by atoms with van der Waals surface area (Å²) in [5.41, 5.74) is 3.48. The maximum Gasteiger partial charge on any atom is 0.233 e. The van der Waals surface area contributed by atoms with Gasteiger partial charge in [-0.3, -0.25) is 10.2 Å². The normalized spacial score (nSPS) is 41.6. The van der Waals surface area contributed by atoms with E-state index in [2.05, 4.69) is 19.3 Å². The van der Waals surface area contributed by atoms with Crippen LogP contribution >= 0.6 is 0 Å². The van der Waals surface area contributed by atoms with Crippen LogP contribution in [0, 0.1) is 40.4 Å². The molecule has 4 rings (SSSR count). The Labute approximate surface area is 187 Å². The van der Waals surface area contributed by atoms with Gasteiger partial charge in [-0.25, -0.2) is 5.84 Å². The summed E-state index contributed by atoms with van der Waals surface area (Å²) in [5, 5.41) is 0. The fraction of sp³-hybridized carbons (Fsp3) is 0.963. The first-order valence-corrected chi connectivity index (χ1v) is 13.5. The molecule has 4 saturated carbocycles. The van der Waals surface area contributed by atoms with Crippen LogP contribution in [0.2, 0.25) is 0 Å². The van der Waals surface area contributed by atoms with Crippen LogP contribution in [0.3, 0.4) is 0 Å². The number of nitrogens with one attached hydrogen (secondary N) is 1.